The maximum absolute atomic E-state index is 12.9. The van der Waals surface area contributed by atoms with E-state index in [2.05, 4.69) is 23.9 Å². The normalized spacial score (nSPS) is 18.3. The lowest BCUT2D eigenvalue weighted by atomic mass is 10.1. The fourth-order valence-electron chi connectivity index (χ4n) is 2.65. The second-order valence-corrected chi connectivity index (χ2v) is 6.41. The summed E-state index contributed by atoms with van der Waals surface area (Å²) in [7, 11) is 2.05. The molecule has 0 saturated carbocycles. The Morgan fingerprint density at radius 3 is 2.76 bits per heavy atom. The van der Waals surface area contributed by atoms with Crippen LogP contribution in [-0.2, 0) is 0 Å². The molecule has 0 saturated heterocycles. The highest BCUT2D eigenvalue weighted by atomic mass is 35.5. The molecular formula is C15H16ClN3OS. The molecule has 0 bridgehead atoms. The molecule has 6 heteroatoms. The maximum Gasteiger partial charge on any atom is 0.271 e. The number of thiazole rings is 1. The van der Waals surface area contributed by atoms with Gasteiger partial charge in [0.05, 0.1) is 16.9 Å². The predicted octanol–water partition coefficient (Wildman–Crippen LogP) is 3.67. The number of amides is 1. The Hall–Kier alpha value is -1.59. The van der Waals surface area contributed by atoms with Crippen LogP contribution in [0, 0.1) is 0 Å². The van der Waals surface area contributed by atoms with Gasteiger partial charge in [0.15, 0.2) is 5.15 Å². The van der Waals surface area contributed by atoms with Gasteiger partial charge in [-0.3, -0.25) is 4.79 Å². The van der Waals surface area contributed by atoms with Gasteiger partial charge in [-0.1, -0.05) is 23.7 Å². The molecule has 0 spiro atoms. The Morgan fingerprint density at radius 2 is 2.10 bits per heavy atom. The molecule has 1 aromatic carbocycles. The van der Waals surface area contributed by atoms with E-state index >= 15 is 0 Å². The van der Waals surface area contributed by atoms with E-state index in [1.165, 1.54) is 11.3 Å². The average molecular weight is 322 g/mol. The Bertz CT molecular complexity index is 672. The fourth-order valence-corrected chi connectivity index (χ4v) is 3.58. The zero-order chi connectivity index (χ0) is 15.0. The topological polar surface area (TPSA) is 36.4 Å². The van der Waals surface area contributed by atoms with Crippen LogP contribution in [0.25, 0.3) is 0 Å². The number of carbonyl (C=O) groups is 1. The Kier molecular flexibility index (Phi) is 3.87. The molecule has 1 aliphatic rings. The second kappa shape index (κ2) is 5.66. The van der Waals surface area contributed by atoms with Crippen molar-refractivity contribution in [1.82, 2.24) is 4.98 Å². The van der Waals surface area contributed by atoms with Crippen molar-refractivity contribution in [3.05, 3.63) is 39.8 Å². The van der Waals surface area contributed by atoms with Crippen LogP contribution in [0.1, 0.15) is 23.0 Å². The highest BCUT2D eigenvalue weighted by Crippen LogP contribution is 2.35. The van der Waals surface area contributed by atoms with Crippen molar-refractivity contribution >= 4 is 40.2 Å². The molecule has 4 nitrogen and oxygen atoms in total. The second-order valence-electron chi connectivity index (χ2n) is 5.20. The molecule has 3 rings (SSSR count). The summed E-state index contributed by atoms with van der Waals surface area (Å²) in [6.45, 7) is 2.99. The van der Waals surface area contributed by atoms with Crippen LogP contribution in [0.5, 0.6) is 0 Å². The number of carbonyl (C=O) groups excluding carboxylic acids is 1. The first kappa shape index (κ1) is 14.4. The van der Waals surface area contributed by atoms with Crippen molar-refractivity contribution in [2.24, 2.45) is 0 Å². The van der Waals surface area contributed by atoms with Crippen molar-refractivity contribution in [1.29, 1.82) is 0 Å². The molecule has 0 unspecified atom stereocenters. The third kappa shape index (κ3) is 2.51. The Morgan fingerprint density at radius 1 is 1.38 bits per heavy atom. The summed E-state index contributed by atoms with van der Waals surface area (Å²) in [5.41, 5.74) is 3.60. The van der Waals surface area contributed by atoms with Gasteiger partial charge in [0, 0.05) is 19.6 Å². The van der Waals surface area contributed by atoms with Gasteiger partial charge in [0.1, 0.15) is 4.88 Å². The van der Waals surface area contributed by atoms with E-state index in [-0.39, 0.29) is 17.1 Å². The number of halogens is 1. The molecule has 1 amide bonds. The molecule has 21 heavy (non-hydrogen) atoms. The molecule has 1 aliphatic heterocycles. The summed E-state index contributed by atoms with van der Waals surface area (Å²) in [5, 5.41) is 0.285. The highest BCUT2D eigenvalue weighted by Gasteiger charge is 2.30. The minimum atomic E-state index is -0.0715. The molecule has 0 N–H and O–H groups in total. The maximum atomic E-state index is 12.9. The van der Waals surface area contributed by atoms with E-state index in [1.807, 2.05) is 29.2 Å². The SMILES string of the molecule is C[C@@H]1CCN(C)c2ccccc2N1C(=O)c1scnc1Cl. The van der Waals surface area contributed by atoms with Gasteiger partial charge in [0.2, 0.25) is 0 Å². The Labute approximate surface area is 133 Å². The van der Waals surface area contributed by atoms with Crippen molar-refractivity contribution in [3.8, 4) is 0 Å². The smallest absolute Gasteiger partial charge is 0.271 e. The summed E-state index contributed by atoms with van der Waals surface area (Å²) in [5.74, 6) is -0.0715. The number of para-hydroxylation sites is 2. The number of hydrogen-bond acceptors (Lipinski definition) is 4. The number of aromatic nitrogens is 1. The molecule has 1 aromatic heterocycles. The van der Waals surface area contributed by atoms with Crippen LogP contribution in [0.2, 0.25) is 5.15 Å². The third-order valence-electron chi connectivity index (χ3n) is 3.81. The van der Waals surface area contributed by atoms with Crippen molar-refractivity contribution in [2.75, 3.05) is 23.4 Å². The first-order valence-corrected chi connectivity index (χ1v) is 8.08. The number of anilines is 2. The lowest BCUT2D eigenvalue weighted by molar-refractivity contribution is 0.0982. The monoisotopic (exact) mass is 321 g/mol. The molecule has 0 radical (unpaired) electrons. The molecule has 0 fully saturated rings. The minimum Gasteiger partial charge on any atom is -0.373 e. The van der Waals surface area contributed by atoms with Crippen molar-refractivity contribution < 1.29 is 4.79 Å². The van der Waals surface area contributed by atoms with E-state index in [0.717, 1.165) is 24.3 Å². The van der Waals surface area contributed by atoms with E-state index in [0.29, 0.717) is 4.88 Å². The average Bonchev–Trinajstić information content (AvgIpc) is 2.86. The lowest BCUT2D eigenvalue weighted by Crippen LogP contribution is -2.38. The van der Waals surface area contributed by atoms with Crippen molar-refractivity contribution in [2.45, 2.75) is 19.4 Å². The quantitative estimate of drug-likeness (QED) is 0.804. The van der Waals surface area contributed by atoms with Crippen molar-refractivity contribution in [3.63, 3.8) is 0 Å². The first-order chi connectivity index (χ1) is 10.1. The minimum absolute atomic E-state index is 0.0715. The summed E-state index contributed by atoms with van der Waals surface area (Å²) >= 11 is 7.33. The van der Waals surface area contributed by atoms with Gasteiger partial charge in [0.25, 0.3) is 5.91 Å². The van der Waals surface area contributed by atoms with Crippen LogP contribution in [-0.4, -0.2) is 30.5 Å². The summed E-state index contributed by atoms with van der Waals surface area (Å²) in [6, 6.07) is 8.09. The van der Waals surface area contributed by atoms with Gasteiger partial charge in [-0.2, -0.15) is 0 Å². The fraction of sp³-hybridized carbons (Fsp3) is 0.333. The van der Waals surface area contributed by atoms with E-state index < -0.39 is 0 Å². The zero-order valence-electron chi connectivity index (χ0n) is 11.9. The van der Waals surface area contributed by atoms with Gasteiger partial charge in [-0.25, -0.2) is 4.98 Å². The van der Waals surface area contributed by atoms with Gasteiger partial charge < -0.3 is 9.80 Å². The highest BCUT2D eigenvalue weighted by molar-refractivity contribution is 7.12. The van der Waals surface area contributed by atoms with Gasteiger partial charge in [-0.15, -0.1) is 11.3 Å². The standard InChI is InChI=1S/C15H16ClN3OS/c1-10-7-8-18(2)11-5-3-4-6-12(11)19(10)15(20)13-14(16)17-9-21-13/h3-6,9-10H,7-8H2,1-2H3/t10-/m1/s1. The third-order valence-corrected chi connectivity index (χ3v) is 5.03. The molecule has 2 aromatic rings. The molecule has 2 heterocycles. The molecule has 0 aliphatic carbocycles. The number of rotatable bonds is 1. The van der Waals surface area contributed by atoms with Crippen LogP contribution < -0.4 is 9.80 Å². The largest absolute Gasteiger partial charge is 0.373 e. The predicted molar refractivity (Wildman–Crippen MR) is 87.7 cm³/mol. The Balaban J connectivity index is 2.09. The van der Waals surface area contributed by atoms with Gasteiger partial charge in [-0.05, 0) is 25.5 Å². The number of benzene rings is 1. The molecule has 110 valence electrons. The number of fused-ring (bicyclic) bond motifs is 1. The first-order valence-electron chi connectivity index (χ1n) is 6.82. The lowest BCUT2D eigenvalue weighted by Gasteiger charge is -2.28. The molecule has 1 atom stereocenters. The van der Waals surface area contributed by atoms with E-state index in [4.69, 9.17) is 11.6 Å². The van der Waals surface area contributed by atoms with Crippen LogP contribution in [0.4, 0.5) is 11.4 Å². The van der Waals surface area contributed by atoms with E-state index in [9.17, 15) is 4.79 Å². The van der Waals surface area contributed by atoms with Crippen LogP contribution in [0.3, 0.4) is 0 Å². The van der Waals surface area contributed by atoms with Crippen LogP contribution in [0.15, 0.2) is 29.8 Å². The summed E-state index contributed by atoms with van der Waals surface area (Å²) < 4.78 is 0. The number of hydrogen-bond donors (Lipinski definition) is 0. The van der Waals surface area contributed by atoms with E-state index in [1.54, 1.807) is 5.51 Å². The number of nitrogens with zero attached hydrogens (tertiary/aromatic N) is 3. The van der Waals surface area contributed by atoms with Gasteiger partial charge >= 0.3 is 0 Å². The molecular weight excluding hydrogens is 306 g/mol. The summed E-state index contributed by atoms with van der Waals surface area (Å²) in [6.07, 6.45) is 0.910. The zero-order valence-corrected chi connectivity index (χ0v) is 13.5. The summed E-state index contributed by atoms with van der Waals surface area (Å²) in [4.78, 5) is 21.4. The van der Waals surface area contributed by atoms with Crippen LogP contribution >= 0.6 is 22.9 Å².